The van der Waals surface area contributed by atoms with Crippen LogP contribution >= 0.6 is 0 Å². The number of aliphatic hydroxyl groups is 1. The van der Waals surface area contributed by atoms with Crippen LogP contribution in [0.25, 0.3) is 0 Å². The van der Waals surface area contributed by atoms with Crippen molar-refractivity contribution in [1.82, 2.24) is 10.0 Å². The molecule has 0 atom stereocenters. The Labute approximate surface area is 101 Å². The summed E-state index contributed by atoms with van der Waals surface area (Å²) >= 11 is 0. The Kier molecular flexibility index (Phi) is 5.63. The van der Waals surface area contributed by atoms with Crippen molar-refractivity contribution in [2.75, 3.05) is 19.7 Å². The normalized spacial score (nSPS) is 11.9. The number of hydrogen-bond donors (Lipinski definition) is 3. The molecule has 6 nitrogen and oxygen atoms in total. The predicted molar refractivity (Wildman–Crippen MR) is 63.0 cm³/mol. The van der Waals surface area contributed by atoms with Crippen LogP contribution in [-0.2, 0) is 16.6 Å². The molecule has 0 radical (unpaired) electrons. The quantitative estimate of drug-likeness (QED) is 0.576. The highest BCUT2D eigenvalue weighted by Gasteiger charge is 2.17. The zero-order chi connectivity index (χ0) is 12.7. The van der Waals surface area contributed by atoms with Crippen LogP contribution in [0.5, 0.6) is 0 Å². The maximum Gasteiger partial charge on any atom is 0.273 e. The summed E-state index contributed by atoms with van der Waals surface area (Å²) in [5, 5.41) is 11.5. The van der Waals surface area contributed by atoms with E-state index in [-0.39, 0.29) is 18.2 Å². The Morgan fingerprint density at radius 3 is 2.82 bits per heavy atom. The van der Waals surface area contributed by atoms with Crippen molar-refractivity contribution in [1.29, 1.82) is 0 Å². The lowest BCUT2D eigenvalue weighted by Gasteiger charge is -2.02. The van der Waals surface area contributed by atoms with Crippen LogP contribution in [0, 0.1) is 0 Å². The van der Waals surface area contributed by atoms with Crippen LogP contribution in [0.1, 0.15) is 19.1 Å². The number of sulfonamides is 1. The highest BCUT2D eigenvalue weighted by Crippen LogP contribution is 2.13. The molecule has 0 spiro atoms. The van der Waals surface area contributed by atoms with Gasteiger partial charge in [-0.25, -0.2) is 13.1 Å². The highest BCUT2D eigenvalue weighted by molar-refractivity contribution is 7.89. The van der Waals surface area contributed by atoms with Crippen molar-refractivity contribution in [3.05, 3.63) is 17.9 Å². The molecule has 1 aromatic rings. The molecule has 0 aliphatic heterocycles. The standard InChI is InChI=1S/C10H18N2O4S/c1-2-11-8-9-4-5-10(16-9)17(14,15)12-6-3-7-13/h4-5,11-13H,2-3,6-8H2,1H3. The third-order valence-corrected chi connectivity index (χ3v) is 3.41. The minimum atomic E-state index is -3.59. The van der Waals surface area contributed by atoms with Crippen molar-refractivity contribution >= 4 is 10.0 Å². The van der Waals surface area contributed by atoms with E-state index in [1.54, 1.807) is 6.07 Å². The van der Waals surface area contributed by atoms with Gasteiger partial charge in [-0.1, -0.05) is 6.92 Å². The summed E-state index contributed by atoms with van der Waals surface area (Å²) < 4.78 is 30.9. The molecule has 0 aliphatic rings. The number of rotatable bonds is 8. The molecule has 0 bridgehead atoms. The van der Waals surface area contributed by atoms with E-state index in [9.17, 15) is 8.42 Å². The molecule has 0 fully saturated rings. The van der Waals surface area contributed by atoms with Crippen molar-refractivity contribution in [2.24, 2.45) is 0 Å². The van der Waals surface area contributed by atoms with E-state index in [2.05, 4.69) is 10.0 Å². The van der Waals surface area contributed by atoms with E-state index in [0.717, 1.165) is 6.54 Å². The lowest BCUT2D eigenvalue weighted by molar-refractivity contribution is 0.289. The molecule has 0 amide bonds. The molecule has 98 valence electrons. The van der Waals surface area contributed by atoms with Gasteiger partial charge in [-0.05, 0) is 25.1 Å². The maximum absolute atomic E-state index is 11.7. The lowest BCUT2D eigenvalue weighted by Crippen LogP contribution is -2.25. The van der Waals surface area contributed by atoms with Crippen LogP contribution in [0.15, 0.2) is 21.6 Å². The fraction of sp³-hybridized carbons (Fsp3) is 0.600. The molecule has 0 saturated heterocycles. The summed E-state index contributed by atoms with van der Waals surface area (Å²) in [5.74, 6) is 0.578. The van der Waals surface area contributed by atoms with Gasteiger partial charge in [0.15, 0.2) is 0 Å². The Morgan fingerprint density at radius 1 is 1.41 bits per heavy atom. The first-order valence-electron chi connectivity index (χ1n) is 5.50. The van der Waals surface area contributed by atoms with Gasteiger partial charge in [0, 0.05) is 13.2 Å². The summed E-state index contributed by atoms with van der Waals surface area (Å²) in [7, 11) is -3.59. The minimum Gasteiger partial charge on any atom is -0.447 e. The Bertz CT molecular complexity index is 427. The summed E-state index contributed by atoms with van der Waals surface area (Å²) in [5.41, 5.74) is 0. The number of aliphatic hydroxyl groups excluding tert-OH is 1. The second-order valence-corrected chi connectivity index (χ2v) is 5.17. The Balaban J connectivity index is 2.61. The average Bonchev–Trinajstić information content (AvgIpc) is 2.76. The molecule has 0 aromatic carbocycles. The SMILES string of the molecule is CCNCc1ccc(S(=O)(=O)NCCCO)o1. The summed E-state index contributed by atoms with van der Waals surface area (Å²) in [6.45, 7) is 3.39. The van der Waals surface area contributed by atoms with Crippen LogP contribution in [0.3, 0.4) is 0 Å². The molecule has 17 heavy (non-hydrogen) atoms. The lowest BCUT2D eigenvalue weighted by atomic mass is 10.4. The second-order valence-electron chi connectivity index (χ2n) is 3.48. The van der Waals surface area contributed by atoms with Gasteiger partial charge in [0.2, 0.25) is 5.09 Å². The van der Waals surface area contributed by atoms with Gasteiger partial charge in [-0.3, -0.25) is 0 Å². The van der Waals surface area contributed by atoms with Gasteiger partial charge in [-0.15, -0.1) is 0 Å². The Morgan fingerprint density at radius 2 is 2.18 bits per heavy atom. The number of nitrogens with one attached hydrogen (secondary N) is 2. The topological polar surface area (TPSA) is 91.6 Å². The van der Waals surface area contributed by atoms with E-state index in [4.69, 9.17) is 9.52 Å². The molecule has 0 aliphatic carbocycles. The molecule has 0 saturated carbocycles. The molecular formula is C10H18N2O4S. The largest absolute Gasteiger partial charge is 0.447 e. The van der Waals surface area contributed by atoms with E-state index in [0.29, 0.717) is 18.7 Å². The predicted octanol–water partition coefficient (Wildman–Crippen LogP) is 0.0498. The zero-order valence-electron chi connectivity index (χ0n) is 9.77. The van der Waals surface area contributed by atoms with Crippen LogP contribution in [0.4, 0.5) is 0 Å². The highest BCUT2D eigenvalue weighted by atomic mass is 32.2. The van der Waals surface area contributed by atoms with Crippen molar-refractivity contribution in [3.63, 3.8) is 0 Å². The number of furan rings is 1. The average molecular weight is 262 g/mol. The van der Waals surface area contributed by atoms with Gasteiger partial charge in [0.25, 0.3) is 10.0 Å². The van der Waals surface area contributed by atoms with Crippen molar-refractivity contribution < 1.29 is 17.9 Å². The van der Waals surface area contributed by atoms with Crippen molar-refractivity contribution in [2.45, 2.75) is 25.0 Å². The molecule has 3 N–H and O–H groups in total. The molecule has 0 unspecified atom stereocenters. The van der Waals surface area contributed by atoms with E-state index >= 15 is 0 Å². The minimum absolute atomic E-state index is 0.0493. The summed E-state index contributed by atoms with van der Waals surface area (Å²) in [4.78, 5) is 0. The number of hydrogen-bond acceptors (Lipinski definition) is 5. The molecule has 1 aromatic heterocycles. The van der Waals surface area contributed by atoms with E-state index in [1.165, 1.54) is 6.07 Å². The smallest absolute Gasteiger partial charge is 0.273 e. The van der Waals surface area contributed by atoms with Crippen LogP contribution < -0.4 is 10.0 Å². The summed E-state index contributed by atoms with van der Waals surface area (Å²) in [6, 6.07) is 3.05. The first kappa shape index (κ1) is 14.2. The second kappa shape index (κ2) is 6.75. The third kappa shape index (κ3) is 4.47. The molecule has 1 heterocycles. The van der Waals surface area contributed by atoms with Gasteiger partial charge < -0.3 is 14.8 Å². The summed E-state index contributed by atoms with van der Waals surface area (Å²) in [6.07, 6.45) is 0.379. The first-order valence-corrected chi connectivity index (χ1v) is 6.98. The van der Waals surface area contributed by atoms with Gasteiger partial charge in [-0.2, -0.15) is 0 Å². The molecule has 1 rings (SSSR count). The van der Waals surface area contributed by atoms with Crippen LogP contribution in [-0.4, -0.2) is 33.2 Å². The van der Waals surface area contributed by atoms with Gasteiger partial charge in [0.1, 0.15) is 5.76 Å². The van der Waals surface area contributed by atoms with Gasteiger partial charge in [0.05, 0.1) is 6.54 Å². The van der Waals surface area contributed by atoms with Crippen LogP contribution in [0.2, 0.25) is 0 Å². The zero-order valence-corrected chi connectivity index (χ0v) is 10.6. The fourth-order valence-corrected chi connectivity index (χ4v) is 2.22. The van der Waals surface area contributed by atoms with Crippen molar-refractivity contribution in [3.8, 4) is 0 Å². The van der Waals surface area contributed by atoms with E-state index in [1.807, 2.05) is 6.92 Å². The van der Waals surface area contributed by atoms with Gasteiger partial charge >= 0.3 is 0 Å². The maximum atomic E-state index is 11.7. The monoisotopic (exact) mass is 262 g/mol. The molecule has 7 heteroatoms. The molecular weight excluding hydrogens is 244 g/mol. The third-order valence-electron chi connectivity index (χ3n) is 2.08. The Hall–Kier alpha value is -0.890. The first-order chi connectivity index (χ1) is 8.10. The fourth-order valence-electron chi connectivity index (χ4n) is 1.20. The van der Waals surface area contributed by atoms with E-state index < -0.39 is 10.0 Å².